The van der Waals surface area contributed by atoms with Crippen molar-refractivity contribution in [2.75, 3.05) is 11.9 Å². The minimum absolute atomic E-state index is 0.196. The van der Waals surface area contributed by atoms with Crippen molar-refractivity contribution in [3.05, 3.63) is 95.7 Å². The molecular formula is C27H22F3N3O2. The molecule has 35 heavy (non-hydrogen) atoms. The number of pyridine rings is 1. The minimum atomic E-state index is -4.43. The normalized spacial score (nSPS) is 11.3. The number of aromatic nitrogens is 1. The molecule has 0 saturated carbocycles. The van der Waals surface area contributed by atoms with E-state index in [1.807, 2.05) is 6.92 Å². The Morgan fingerprint density at radius 1 is 0.914 bits per heavy atom. The summed E-state index contributed by atoms with van der Waals surface area (Å²) < 4.78 is 38.7. The zero-order valence-electron chi connectivity index (χ0n) is 18.8. The predicted octanol–water partition coefficient (Wildman–Crippen LogP) is 6.31. The van der Waals surface area contributed by atoms with Crippen molar-refractivity contribution in [1.29, 1.82) is 0 Å². The minimum Gasteiger partial charge on any atom is -0.352 e. The van der Waals surface area contributed by atoms with Gasteiger partial charge in [-0.25, -0.2) is 0 Å². The van der Waals surface area contributed by atoms with Crippen molar-refractivity contribution in [2.45, 2.75) is 19.5 Å². The van der Waals surface area contributed by atoms with Crippen molar-refractivity contribution in [3.63, 3.8) is 0 Å². The van der Waals surface area contributed by atoms with Gasteiger partial charge in [0, 0.05) is 29.4 Å². The Hall–Kier alpha value is -4.20. The van der Waals surface area contributed by atoms with Crippen molar-refractivity contribution in [1.82, 2.24) is 10.3 Å². The lowest BCUT2D eigenvalue weighted by atomic mass is 9.98. The van der Waals surface area contributed by atoms with Crippen molar-refractivity contribution >= 4 is 28.4 Å². The largest absolute Gasteiger partial charge is 0.416 e. The second-order valence-electron chi connectivity index (χ2n) is 7.96. The number of rotatable bonds is 6. The third-order valence-corrected chi connectivity index (χ3v) is 5.43. The number of hydrogen-bond donors (Lipinski definition) is 2. The Morgan fingerprint density at radius 2 is 1.66 bits per heavy atom. The molecule has 0 fully saturated rings. The molecule has 2 N–H and O–H groups in total. The van der Waals surface area contributed by atoms with Crippen LogP contribution in [0.3, 0.4) is 0 Å². The number of halogens is 3. The van der Waals surface area contributed by atoms with Crippen LogP contribution in [0.25, 0.3) is 22.0 Å². The average molecular weight is 477 g/mol. The molecule has 0 atom stereocenters. The summed E-state index contributed by atoms with van der Waals surface area (Å²) in [6, 6.07) is 18.3. The number of nitrogens with one attached hydrogen (secondary N) is 2. The van der Waals surface area contributed by atoms with E-state index in [1.54, 1.807) is 48.5 Å². The van der Waals surface area contributed by atoms with Crippen LogP contribution in [0.15, 0.2) is 79.0 Å². The highest BCUT2D eigenvalue weighted by Crippen LogP contribution is 2.32. The number of nitrogens with zero attached hydrogens (tertiary/aromatic N) is 1. The fourth-order valence-electron chi connectivity index (χ4n) is 3.63. The van der Waals surface area contributed by atoms with Crippen molar-refractivity contribution in [2.24, 2.45) is 0 Å². The monoisotopic (exact) mass is 477 g/mol. The molecule has 0 aliphatic carbocycles. The van der Waals surface area contributed by atoms with Crippen LogP contribution in [-0.4, -0.2) is 23.3 Å². The number of anilines is 1. The number of benzene rings is 3. The van der Waals surface area contributed by atoms with E-state index in [1.165, 1.54) is 18.3 Å². The molecule has 2 amide bonds. The maximum Gasteiger partial charge on any atom is 0.416 e. The summed E-state index contributed by atoms with van der Waals surface area (Å²) in [5, 5.41) is 6.38. The van der Waals surface area contributed by atoms with Crippen LogP contribution < -0.4 is 10.6 Å². The molecule has 0 saturated heterocycles. The standard InChI is InChI=1S/C27H22F3N3O2/c1-2-13-31-25(34)19-14-18-9-12-21(15-24(18)32-16-19)33-26(35)23-6-4-3-5-22(23)17-7-10-20(11-8-17)27(28,29)30/h3-12,14-16H,2,13H2,1H3,(H,31,34)(H,33,35). The smallest absolute Gasteiger partial charge is 0.352 e. The molecule has 4 rings (SSSR count). The van der Waals surface area contributed by atoms with Gasteiger partial charge in [0.2, 0.25) is 0 Å². The van der Waals surface area contributed by atoms with Crippen LogP contribution in [-0.2, 0) is 6.18 Å². The highest BCUT2D eigenvalue weighted by atomic mass is 19.4. The Bertz CT molecular complexity index is 1380. The first kappa shape index (κ1) is 23.9. The number of amides is 2. The molecule has 4 aromatic rings. The molecule has 0 bridgehead atoms. The van der Waals surface area contributed by atoms with E-state index < -0.39 is 17.6 Å². The zero-order valence-corrected chi connectivity index (χ0v) is 18.8. The van der Waals surface area contributed by atoms with Gasteiger partial charge in [0.15, 0.2) is 0 Å². The van der Waals surface area contributed by atoms with E-state index in [2.05, 4.69) is 15.6 Å². The van der Waals surface area contributed by atoms with Crippen LogP contribution in [0.2, 0.25) is 0 Å². The lowest BCUT2D eigenvalue weighted by Gasteiger charge is -2.12. The summed E-state index contributed by atoms with van der Waals surface area (Å²) in [4.78, 5) is 29.6. The molecule has 1 aromatic heterocycles. The summed E-state index contributed by atoms with van der Waals surface area (Å²) in [7, 11) is 0. The highest BCUT2D eigenvalue weighted by molar-refractivity contribution is 6.09. The molecule has 0 spiro atoms. The van der Waals surface area contributed by atoms with E-state index in [4.69, 9.17) is 0 Å². The Morgan fingerprint density at radius 3 is 2.37 bits per heavy atom. The maximum atomic E-state index is 13.0. The molecule has 5 nitrogen and oxygen atoms in total. The third kappa shape index (κ3) is 5.48. The molecule has 0 aliphatic heterocycles. The lowest BCUT2D eigenvalue weighted by molar-refractivity contribution is -0.137. The molecular weight excluding hydrogens is 455 g/mol. The maximum absolute atomic E-state index is 13.0. The average Bonchev–Trinajstić information content (AvgIpc) is 2.86. The lowest BCUT2D eigenvalue weighted by Crippen LogP contribution is -2.24. The second-order valence-corrected chi connectivity index (χ2v) is 7.96. The van der Waals surface area contributed by atoms with Gasteiger partial charge in [-0.3, -0.25) is 14.6 Å². The van der Waals surface area contributed by atoms with Gasteiger partial charge in [0.25, 0.3) is 11.8 Å². The first-order chi connectivity index (χ1) is 16.8. The van der Waals surface area contributed by atoms with Crippen molar-refractivity contribution in [3.8, 4) is 11.1 Å². The Balaban J connectivity index is 1.56. The molecule has 3 aromatic carbocycles. The second kappa shape index (κ2) is 9.97. The third-order valence-electron chi connectivity index (χ3n) is 5.43. The zero-order chi connectivity index (χ0) is 25.0. The molecule has 8 heteroatoms. The topological polar surface area (TPSA) is 71.1 Å². The SMILES string of the molecule is CCCNC(=O)c1cnc2cc(NC(=O)c3ccccc3-c3ccc(C(F)(F)F)cc3)ccc2c1. The van der Waals surface area contributed by atoms with Gasteiger partial charge in [0.05, 0.1) is 16.6 Å². The van der Waals surface area contributed by atoms with E-state index in [0.29, 0.717) is 40.0 Å². The highest BCUT2D eigenvalue weighted by Gasteiger charge is 2.30. The van der Waals surface area contributed by atoms with Gasteiger partial charge in [-0.2, -0.15) is 13.2 Å². The molecule has 1 heterocycles. The first-order valence-corrected chi connectivity index (χ1v) is 11.0. The van der Waals surface area contributed by atoms with E-state index >= 15 is 0 Å². The number of carbonyl (C=O) groups is 2. The first-order valence-electron chi connectivity index (χ1n) is 11.0. The van der Waals surface area contributed by atoms with Gasteiger partial charge in [0.1, 0.15) is 0 Å². The summed E-state index contributed by atoms with van der Waals surface area (Å²) in [5.41, 5.74) is 2.14. The number of fused-ring (bicyclic) bond motifs is 1. The number of alkyl halides is 3. The molecule has 0 unspecified atom stereocenters. The molecule has 0 radical (unpaired) electrons. The Kier molecular flexibility index (Phi) is 6.82. The van der Waals surface area contributed by atoms with Crippen LogP contribution in [0.5, 0.6) is 0 Å². The molecule has 0 aliphatic rings. The quantitative estimate of drug-likeness (QED) is 0.342. The fourth-order valence-corrected chi connectivity index (χ4v) is 3.63. The predicted molar refractivity (Wildman–Crippen MR) is 129 cm³/mol. The van der Waals surface area contributed by atoms with E-state index in [0.717, 1.165) is 23.9 Å². The van der Waals surface area contributed by atoms with E-state index in [-0.39, 0.29) is 5.91 Å². The Labute approximate surface area is 200 Å². The van der Waals surface area contributed by atoms with E-state index in [9.17, 15) is 22.8 Å². The van der Waals surface area contributed by atoms with Gasteiger partial charge in [-0.15, -0.1) is 0 Å². The van der Waals surface area contributed by atoms with Gasteiger partial charge in [-0.05, 0) is 53.9 Å². The van der Waals surface area contributed by atoms with Crippen LogP contribution in [0.4, 0.5) is 18.9 Å². The molecule has 178 valence electrons. The number of carbonyl (C=O) groups excluding carboxylic acids is 2. The van der Waals surface area contributed by atoms with Crippen LogP contribution in [0, 0.1) is 0 Å². The van der Waals surface area contributed by atoms with Gasteiger partial charge < -0.3 is 10.6 Å². The summed E-state index contributed by atoms with van der Waals surface area (Å²) in [6.07, 6.45) is -2.11. The summed E-state index contributed by atoms with van der Waals surface area (Å²) >= 11 is 0. The van der Waals surface area contributed by atoms with Crippen LogP contribution >= 0.6 is 0 Å². The summed E-state index contributed by atoms with van der Waals surface area (Å²) in [5.74, 6) is -0.603. The van der Waals surface area contributed by atoms with Gasteiger partial charge >= 0.3 is 6.18 Å². The number of hydrogen-bond acceptors (Lipinski definition) is 3. The van der Waals surface area contributed by atoms with Crippen LogP contribution in [0.1, 0.15) is 39.6 Å². The summed E-state index contributed by atoms with van der Waals surface area (Å²) in [6.45, 7) is 2.55. The fraction of sp³-hybridized carbons (Fsp3) is 0.148. The van der Waals surface area contributed by atoms with Gasteiger partial charge in [-0.1, -0.05) is 43.3 Å². The van der Waals surface area contributed by atoms with Crippen molar-refractivity contribution < 1.29 is 22.8 Å².